The van der Waals surface area contributed by atoms with Gasteiger partial charge in [0, 0.05) is 54.9 Å². The van der Waals surface area contributed by atoms with E-state index in [0.29, 0.717) is 82.3 Å². The van der Waals surface area contributed by atoms with Crippen LogP contribution >= 0.6 is 11.6 Å². The van der Waals surface area contributed by atoms with Crippen LogP contribution in [0.3, 0.4) is 0 Å². The van der Waals surface area contributed by atoms with Crippen LogP contribution in [0, 0.1) is 28.1 Å². The van der Waals surface area contributed by atoms with Gasteiger partial charge in [0.05, 0.1) is 34.6 Å². The van der Waals surface area contributed by atoms with E-state index in [2.05, 4.69) is 58.8 Å². The van der Waals surface area contributed by atoms with E-state index in [9.17, 15) is 15.3 Å². The molecule has 2 aromatic carbocycles. The third-order valence-electron chi connectivity index (χ3n) is 7.56. The number of primary amides is 1. The lowest BCUT2D eigenvalue weighted by atomic mass is 9.89. The molecule has 220 valence electrons. The molecular weight excluding hydrogens is 566 g/mol. The molecule has 0 radical (unpaired) electrons. The maximum Gasteiger partial charge on any atom is 0.245 e. The first-order valence-corrected chi connectivity index (χ1v) is 14.3. The van der Waals surface area contributed by atoms with E-state index >= 15 is 0 Å². The lowest BCUT2D eigenvalue weighted by Gasteiger charge is -2.33. The standard InChI is InChI=1S/C31H32ClN9O2/c1-30(2,3)18-37-27-20(15-34)16-36-26-19(14-33)12-21(13-23(26)27)38-28(22-6-4-5-7-24(22)32)25-17-41(40-39-25)31(29(35)42)8-10-43-11-9-31/h4-7,12-13,16-17,28,38H,8-11,18H2,1-3H3,(H2,35,42)(H,36,37). The third kappa shape index (κ3) is 5.96. The van der Waals surface area contributed by atoms with Crippen molar-refractivity contribution >= 4 is 39.8 Å². The molecule has 43 heavy (non-hydrogen) atoms. The summed E-state index contributed by atoms with van der Waals surface area (Å²) in [4.78, 5) is 17.1. The molecule has 0 aliphatic carbocycles. The summed E-state index contributed by atoms with van der Waals surface area (Å²) in [6.07, 6.45) is 3.94. The van der Waals surface area contributed by atoms with Gasteiger partial charge in [-0.15, -0.1) is 5.10 Å². The average Bonchev–Trinajstić information content (AvgIpc) is 3.49. The summed E-state index contributed by atoms with van der Waals surface area (Å²) in [5, 5.41) is 36.7. The van der Waals surface area contributed by atoms with Crippen LogP contribution in [0.5, 0.6) is 0 Å². The zero-order valence-electron chi connectivity index (χ0n) is 24.2. The van der Waals surface area contributed by atoms with Crippen molar-refractivity contribution in [2.75, 3.05) is 30.4 Å². The quantitative estimate of drug-likeness (QED) is 0.256. The molecule has 4 aromatic rings. The van der Waals surface area contributed by atoms with Gasteiger partial charge >= 0.3 is 0 Å². The maximum absolute atomic E-state index is 12.6. The smallest absolute Gasteiger partial charge is 0.245 e. The van der Waals surface area contributed by atoms with E-state index in [1.54, 1.807) is 18.3 Å². The van der Waals surface area contributed by atoms with Gasteiger partial charge in [0.2, 0.25) is 5.91 Å². The number of rotatable bonds is 8. The lowest BCUT2D eigenvalue weighted by Crippen LogP contribution is -2.50. The van der Waals surface area contributed by atoms with E-state index in [0.717, 1.165) is 0 Å². The molecule has 0 bridgehead atoms. The molecule has 1 amide bonds. The SMILES string of the molecule is CC(C)(C)CNc1c(C#N)cnc2c(C#N)cc(NC(c3cn(C4(C(N)=O)CCOCC4)nn3)c3ccccc3Cl)cc12. The predicted octanol–water partition coefficient (Wildman–Crippen LogP) is 4.87. The molecule has 5 rings (SSSR count). The largest absolute Gasteiger partial charge is 0.383 e. The average molecular weight is 598 g/mol. The Balaban J connectivity index is 1.63. The number of nitrogens with zero attached hydrogens (tertiary/aromatic N) is 6. The summed E-state index contributed by atoms with van der Waals surface area (Å²) < 4.78 is 7.00. The monoisotopic (exact) mass is 597 g/mol. The van der Waals surface area contributed by atoms with Crippen LogP contribution < -0.4 is 16.4 Å². The van der Waals surface area contributed by atoms with E-state index in [1.807, 2.05) is 24.3 Å². The summed E-state index contributed by atoms with van der Waals surface area (Å²) in [7, 11) is 0. The van der Waals surface area contributed by atoms with Gasteiger partial charge in [-0.1, -0.05) is 55.8 Å². The number of amides is 1. The highest BCUT2D eigenvalue weighted by molar-refractivity contribution is 6.31. The number of nitrogens with one attached hydrogen (secondary N) is 2. The Kier molecular flexibility index (Phi) is 8.23. The molecule has 1 atom stereocenters. The fourth-order valence-electron chi connectivity index (χ4n) is 5.20. The molecule has 0 spiro atoms. The van der Waals surface area contributed by atoms with Gasteiger partial charge < -0.3 is 21.1 Å². The van der Waals surface area contributed by atoms with Crippen molar-refractivity contribution < 1.29 is 9.53 Å². The minimum atomic E-state index is -1.06. The number of anilines is 2. The Hall–Kier alpha value is -4.71. The second kappa shape index (κ2) is 11.9. The molecule has 2 aromatic heterocycles. The highest BCUT2D eigenvalue weighted by Gasteiger charge is 2.42. The van der Waals surface area contributed by atoms with E-state index in [4.69, 9.17) is 22.1 Å². The number of pyridine rings is 1. The van der Waals surface area contributed by atoms with Crippen molar-refractivity contribution in [1.29, 1.82) is 10.5 Å². The van der Waals surface area contributed by atoms with Crippen molar-refractivity contribution in [1.82, 2.24) is 20.0 Å². The second-order valence-corrected chi connectivity index (χ2v) is 12.2. The van der Waals surface area contributed by atoms with Gasteiger partial charge in [-0.3, -0.25) is 9.78 Å². The topological polar surface area (TPSA) is 168 Å². The first-order valence-electron chi connectivity index (χ1n) is 13.9. The molecule has 12 heteroatoms. The number of nitrogens with two attached hydrogens (primary N) is 1. The lowest BCUT2D eigenvalue weighted by molar-refractivity contribution is -0.132. The molecule has 1 saturated heterocycles. The number of benzene rings is 2. The number of carbonyl (C=O) groups is 1. The van der Waals surface area contributed by atoms with Gasteiger partial charge in [-0.05, 0) is 29.2 Å². The van der Waals surface area contributed by atoms with Crippen molar-refractivity contribution in [3.05, 3.63) is 76.2 Å². The van der Waals surface area contributed by atoms with Gasteiger partial charge in [0.1, 0.15) is 23.4 Å². The summed E-state index contributed by atoms with van der Waals surface area (Å²) in [5.41, 5.74) is 8.32. The Morgan fingerprint density at radius 2 is 1.91 bits per heavy atom. The molecule has 0 saturated carbocycles. The number of hydrogen-bond acceptors (Lipinski definition) is 9. The van der Waals surface area contributed by atoms with E-state index in [1.165, 1.54) is 10.9 Å². The maximum atomic E-state index is 12.6. The van der Waals surface area contributed by atoms with E-state index < -0.39 is 17.5 Å². The molecule has 1 fully saturated rings. The highest BCUT2D eigenvalue weighted by Crippen LogP contribution is 2.36. The Morgan fingerprint density at radius 3 is 2.56 bits per heavy atom. The highest BCUT2D eigenvalue weighted by atomic mass is 35.5. The zero-order chi connectivity index (χ0) is 30.8. The first-order chi connectivity index (χ1) is 20.6. The number of fused-ring (bicyclic) bond motifs is 1. The number of aromatic nitrogens is 4. The molecule has 1 unspecified atom stereocenters. The van der Waals surface area contributed by atoms with Gasteiger partial charge in [0.25, 0.3) is 0 Å². The fraction of sp³-hybridized carbons (Fsp3) is 0.355. The fourth-order valence-corrected chi connectivity index (χ4v) is 5.45. The summed E-state index contributed by atoms with van der Waals surface area (Å²) in [5.74, 6) is -0.501. The van der Waals surface area contributed by atoms with Crippen molar-refractivity contribution in [3.8, 4) is 12.1 Å². The molecule has 1 aliphatic rings. The van der Waals surface area contributed by atoms with Crippen LogP contribution in [0.15, 0.2) is 48.8 Å². The van der Waals surface area contributed by atoms with Crippen molar-refractivity contribution in [2.45, 2.75) is 45.2 Å². The zero-order valence-corrected chi connectivity index (χ0v) is 24.9. The Labute approximate surface area is 254 Å². The molecule has 11 nitrogen and oxygen atoms in total. The number of ether oxygens (including phenoxy) is 1. The molecule has 1 aliphatic heterocycles. The first kappa shape index (κ1) is 29.8. The van der Waals surface area contributed by atoms with Crippen LogP contribution in [0.25, 0.3) is 10.9 Å². The van der Waals surface area contributed by atoms with Gasteiger partial charge in [-0.2, -0.15) is 10.5 Å². The van der Waals surface area contributed by atoms with Crippen LogP contribution in [0.4, 0.5) is 11.4 Å². The number of hydrogen-bond donors (Lipinski definition) is 3. The van der Waals surface area contributed by atoms with Crippen LogP contribution in [-0.4, -0.2) is 45.6 Å². The second-order valence-electron chi connectivity index (χ2n) is 11.8. The summed E-state index contributed by atoms with van der Waals surface area (Å²) in [6, 6.07) is 14.7. The Morgan fingerprint density at radius 1 is 1.19 bits per heavy atom. The summed E-state index contributed by atoms with van der Waals surface area (Å²) in [6.45, 7) is 7.62. The number of halogens is 1. The molecule has 3 heterocycles. The van der Waals surface area contributed by atoms with Crippen LogP contribution in [0.1, 0.15) is 62.0 Å². The molecular formula is C31H32ClN9O2. The number of nitriles is 2. The normalized spacial score (nSPS) is 15.3. The minimum absolute atomic E-state index is 0.0655. The van der Waals surface area contributed by atoms with Crippen LogP contribution in [-0.2, 0) is 15.1 Å². The number of carbonyl (C=O) groups excluding carboxylic acids is 1. The van der Waals surface area contributed by atoms with Gasteiger partial charge in [-0.25, -0.2) is 4.68 Å². The predicted molar refractivity (Wildman–Crippen MR) is 163 cm³/mol. The van der Waals surface area contributed by atoms with E-state index in [-0.39, 0.29) is 5.41 Å². The van der Waals surface area contributed by atoms with Crippen molar-refractivity contribution in [2.24, 2.45) is 11.1 Å². The van der Waals surface area contributed by atoms with Crippen molar-refractivity contribution in [3.63, 3.8) is 0 Å². The third-order valence-corrected chi connectivity index (χ3v) is 7.90. The molecule has 4 N–H and O–H groups in total. The van der Waals surface area contributed by atoms with Crippen LogP contribution in [0.2, 0.25) is 5.02 Å². The minimum Gasteiger partial charge on any atom is -0.383 e. The van der Waals surface area contributed by atoms with Gasteiger partial charge in [0.15, 0.2) is 0 Å². The summed E-state index contributed by atoms with van der Waals surface area (Å²) >= 11 is 6.68. The Bertz CT molecular complexity index is 1760.